The first-order valence-electron chi connectivity index (χ1n) is 10.3. The van der Waals surface area contributed by atoms with Gasteiger partial charge in [-0.1, -0.05) is 82.7 Å². The van der Waals surface area contributed by atoms with E-state index >= 15 is 0 Å². The van der Waals surface area contributed by atoms with Crippen molar-refractivity contribution in [2.45, 2.75) is 84.0 Å². The number of carbonyl (C=O) groups excluding carboxylic acids is 1. The van der Waals surface area contributed by atoms with E-state index in [1.54, 1.807) is 6.20 Å². The molecule has 0 aliphatic heterocycles. The molecule has 0 amide bonds. The van der Waals surface area contributed by atoms with Gasteiger partial charge in [0.15, 0.2) is 5.75 Å². The largest absolute Gasteiger partial charge is 0.424 e. The highest BCUT2D eigenvalue weighted by atomic mass is 79.9. The molecule has 1 aromatic heterocycles. The second-order valence-corrected chi connectivity index (χ2v) is 8.43. The summed E-state index contributed by atoms with van der Waals surface area (Å²) in [5.74, 6) is 0.312. The Labute approximate surface area is 176 Å². The summed E-state index contributed by atoms with van der Waals surface area (Å²) in [6.07, 6.45) is 16.1. The van der Waals surface area contributed by atoms with Gasteiger partial charge in [-0.2, -0.15) is 0 Å². The molecule has 0 atom stereocenters. The minimum absolute atomic E-state index is 0.192. The van der Waals surface area contributed by atoms with E-state index in [0.29, 0.717) is 17.2 Å². The number of carbonyl (C=O) groups is 1. The van der Waals surface area contributed by atoms with Crippen LogP contribution in [-0.2, 0) is 4.79 Å². The van der Waals surface area contributed by atoms with Crippen LogP contribution >= 0.6 is 27.5 Å². The van der Waals surface area contributed by atoms with Crippen LogP contribution < -0.4 is 4.74 Å². The standard InChI is InChI=1S/C22H31BrClNO2/c1-2-3-4-5-6-7-8-9-10-11-12-13-20(26)27-19-16-25-18-15-14-17(23)22(24)21(18)19/h14-16,25H,2-13H2,1H3. The molecule has 1 aromatic carbocycles. The van der Waals surface area contributed by atoms with Crippen LogP contribution in [0, 0.1) is 0 Å². The van der Waals surface area contributed by atoms with Crippen molar-refractivity contribution in [3.63, 3.8) is 0 Å². The Balaban J connectivity index is 1.59. The van der Waals surface area contributed by atoms with Crippen LogP contribution in [0.15, 0.2) is 22.8 Å². The lowest BCUT2D eigenvalue weighted by Crippen LogP contribution is -2.07. The van der Waals surface area contributed by atoms with E-state index in [-0.39, 0.29) is 5.97 Å². The van der Waals surface area contributed by atoms with Crippen molar-refractivity contribution < 1.29 is 9.53 Å². The van der Waals surface area contributed by atoms with Gasteiger partial charge in [0.2, 0.25) is 0 Å². The number of H-pyrrole nitrogens is 1. The Morgan fingerprint density at radius 1 is 1.00 bits per heavy atom. The van der Waals surface area contributed by atoms with Gasteiger partial charge < -0.3 is 9.72 Å². The number of rotatable bonds is 13. The SMILES string of the molecule is CCCCCCCCCCCCCC(=O)Oc1c[nH]c2ccc(Br)c(Cl)c12. The van der Waals surface area contributed by atoms with Gasteiger partial charge in [-0.05, 0) is 34.5 Å². The van der Waals surface area contributed by atoms with Gasteiger partial charge in [-0.25, -0.2) is 0 Å². The van der Waals surface area contributed by atoms with Crippen molar-refractivity contribution in [3.05, 3.63) is 27.8 Å². The molecule has 0 radical (unpaired) electrons. The zero-order valence-electron chi connectivity index (χ0n) is 16.3. The van der Waals surface area contributed by atoms with Crippen molar-refractivity contribution in [2.24, 2.45) is 0 Å². The Hall–Kier alpha value is -1.000. The Morgan fingerprint density at radius 2 is 1.59 bits per heavy atom. The summed E-state index contributed by atoms with van der Waals surface area (Å²) in [6.45, 7) is 2.25. The number of hydrogen-bond donors (Lipinski definition) is 1. The van der Waals surface area contributed by atoms with Gasteiger partial charge in [0, 0.05) is 17.1 Å². The van der Waals surface area contributed by atoms with Gasteiger partial charge in [-0.3, -0.25) is 4.79 Å². The van der Waals surface area contributed by atoms with E-state index in [1.165, 1.54) is 57.8 Å². The number of benzene rings is 1. The molecule has 27 heavy (non-hydrogen) atoms. The fourth-order valence-electron chi connectivity index (χ4n) is 3.32. The second-order valence-electron chi connectivity index (χ2n) is 7.20. The highest BCUT2D eigenvalue weighted by molar-refractivity contribution is 9.10. The van der Waals surface area contributed by atoms with Crippen molar-refractivity contribution in [1.29, 1.82) is 0 Å². The number of halogens is 2. The Morgan fingerprint density at radius 3 is 2.22 bits per heavy atom. The first-order valence-corrected chi connectivity index (χ1v) is 11.5. The van der Waals surface area contributed by atoms with Crippen molar-refractivity contribution in [2.75, 3.05) is 0 Å². The molecule has 0 saturated heterocycles. The lowest BCUT2D eigenvalue weighted by molar-refractivity contribution is -0.134. The molecule has 2 aromatic rings. The molecule has 0 bridgehead atoms. The van der Waals surface area contributed by atoms with E-state index in [9.17, 15) is 4.79 Å². The molecule has 150 valence electrons. The Kier molecular flexibility index (Phi) is 10.3. The molecule has 0 saturated carbocycles. The third kappa shape index (κ3) is 7.50. The van der Waals surface area contributed by atoms with Crippen LogP contribution in [0.1, 0.15) is 84.0 Å². The lowest BCUT2D eigenvalue weighted by Gasteiger charge is -2.05. The predicted molar refractivity (Wildman–Crippen MR) is 118 cm³/mol. The van der Waals surface area contributed by atoms with Gasteiger partial charge in [0.25, 0.3) is 0 Å². The lowest BCUT2D eigenvalue weighted by atomic mass is 10.1. The number of hydrogen-bond acceptors (Lipinski definition) is 2. The van der Waals surface area contributed by atoms with Crippen LogP contribution in [0.2, 0.25) is 5.02 Å². The average molecular weight is 457 g/mol. The van der Waals surface area contributed by atoms with Gasteiger partial charge in [-0.15, -0.1) is 0 Å². The highest BCUT2D eigenvalue weighted by Gasteiger charge is 2.14. The number of unbranched alkanes of at least 4 members (excludes halogenated alkanes) is 10. The average Bonchev–Trinajstić information content (AvgIpc) is 3.06. The van der Waals surface area contributed by atoms with Crippen molar-refractivity contribution in [1.82, 2.24) is 4.98 Å². The quantitative estimate of drug-likeness (QED) is 0.244. The predicted octanol–water partition coefficient (Wildman–Crippen LogP) is 8.19. The van der Waals surface area contributed by atoms with Gasteiger partial charge in [0.05, 0.1) is 15.9 Å². The van der Waals surface area contributed by atoms with E-state index in [1.807, 2.05) is 12.1 Å². The monoisotopic (exact) mass is 455 g/mol. The molecule has 2 rings (SSSR count). The van der Waals surface area contributed by atoms with E-state index < -0.39 is 0 Å². The molecular weight excluding hydrogens is 426 g/mol. The van der Waals surface area contributed by atoms with Crippen molar-refractivity contribution >= 4 is 44.4 Å². The number of aromatic nitrogens is 1. The Bertz CT molecular complexity index is 714. The maximum absolute atomic E-state index is 12.1. The maximum atomic E-state index is 12.1. The number of esters is 1. The second kappa shape index (κ2) is 12.5. The molecular formula is C22H31BrClNO2. The summed E-state index contributed by atoms with van der Waals surface area (Å²) in [4.78, 5) is 15.2. The van der Waals surface area contributed by atoms with Crippen LogP contribution in [-0.4, -0.2) is 11.0 Å². The first kappa shape index (κ1) is 22.3. The third-order valence-electron chi connectivity index (χ3n) is 4.91. The molecule has 0 aliphatic carbocycles. The smallest absolute Gasteiger partial charge is 0.311 e. The zero-order chi connectivity index (χ0) is 19.5. The molecule has 0 fully saturated rings. The summed E-state index contributed by atoms with van der Waals surface area (Å²) in [5.41, 5.74) is 0.862. The summed E-state index contributed by atoms with van der Waals surface area (Å²) in [6, 6.07) is 3.78. The molecule has 0 unspecified atom stereocenters. The third-order valence-corrected chi connectivity index (χ3v) is 6.19. The normalized spacial score (nSPS) is 11.2. The van der Waals surface area contributed by atoms with Gasteiger partial charge in [0.1, 0.15) is 0 Å². The van der Waals surface area contributed by atoms with E-state index in [0.717, 1.165) is 28.2 Å². The summed E-state index contributed by atoms with van der Waals surface area (Å²) in [7, 11) is 0. The fraction of sp³-hybridized carbons (Fsp3) is 0.591. The molecule has 3 nitrogen and oxygen atoms in total. The number of fused-ring (bicyclic) bond motifs is 1. The van der Waals surface area contributed by atoms with Crippen LogP contribution in [0.25, 0.3) is 10.9 Å². The van der Waals surface area contributed by atoms with Crippen LogP contribution in [0.5, 0.6) is 5.75 Å². The van der Waals surface area contributed by atoms with E-state index in [2.05, 4.69) is 27.8 Å². The van der Waals surface area contributed by atoms with Crippen LogP contribution in [0.3, 0.4) is 0 Å². The van der Waals surface area contributed by atoms with E-state index in [4.69, 9.17) is 16.3 Å². The number of nitrogens with one attached hydrogen (secondary N) is 1. The molecule has 5 heteroatoms. The first-order chi connectivity index (χ1) is 13.1. The number of ether oxygens (including phenoxy) is 1. The molecule has 0 spiro atoms. The summed E-state index contributed by atoms with van der Waals surface area (Å²) >= 11 is 9.73. The topological polar surface area (TPSA) is 42.1 Å². The maximum Gasteiger partial charge on any atom is 0.311 e. The molecule has 1 heterocycles. The highest BCUT2D eigenvalue weighted by Crippen LogP contribution is 2.37. The molecule has 1 N–H and O–H groups in total. The molecule has 0 aliphatic rings. The van der Waals surface area contributed by atoms with Gasteiger partial charge >= 0.3 is 5.97 Å². The zero-order valence-corrected chi connectivity index (χ0v) is 18.6. The minimum atomic E-state index is -0.192. The number of aromatic amines is 1. The fourth-order valence-corrected chi connectivity index (χ4v) is 3.90. The summed E-state index contributed by atoms with van der Waals surface area (Å²) in [5, 5.41) is 1.31. The van der Waals surface area contributed by atoms with Crippen molar-refractivity contribution in [3.8, 4) is 5.75 Å². The van der Waals surface area contributed by atoms with Crippen LogP contribution in [0.4, 0.5) is 0 Å². The summed E-state index contributed by atoms with van der Waals surface area (Å²) < 4.78 is 6.31. The minimum Gasteiger partial charge on any atom is -0.424 e.